The van der Waals surface area contributed by atoms with Crippen molar-refractivity contribution in [2.45, 2.75) is 6.54 Å². The van der Waals surface area contributed by atoms with Crippen LogP contribution < -0.4 is 5.32 Å². The van der Waals surface area contributed by atoms with E-state index in [1.807, 2.05) is 48.5 Å². The zero-order valence-corrected chi connectivity index (χ0v) is 10.9. The molecule has 98 valence electrons. The Hall–Kier alpha value is -2.75. The SMILES string of the molecule is c1ccc(CNc2ncc(-c3ccccc3)nn2)cc1. The van der Waals surface area contributed by atoms with Crippen LogP contribution in [0.2, 0.25) is 0 Å². The predicted molar refractivity (Wildman–Crippen MR) is 79.0 cm³/mol. The molecule has 1 N–H and O–H groups in total. The topological polar surface area (TPSA) is 50.7 Å². The number of aromatic nitrogens is 3. The lowest BCUT2D eigenvalue weighted by Crippen LogP contribution is -2.04. The van der Waals surface area contributed by atoms with Gasteiger partial charge in [-0.3, -0.25) is 0 Å². The molecule has 0 aliphatic heterocycles. The molecule has 3 aromatic rings. The monoisotopic (exact) mass is 262 g/mol. The molecule has 0 saturated carbocycles. The number of nitrogens with one attached hydrogen (secondary N) is 1. The fourth-order valence-corrected chi connectivity index (χ4v) is 1.87. The van der Waals surface area contributed by atoms with Crippen molar-refractivity contribution in [3.05, 3.63) is 72.4 Å². The summed E-state index contributed by atoms with van der Waals surface area (Å²) >= 11 is 0. The van der Waals surface area contributed by atoms with Crippen molar-refractivity contribution in [1.82, 2.24) is 15.2 Å². The second kappa shape index (κ2) is 5.93. The van der Waals surface area contributed by atoms with Crippen LogP contribution in [-0.2, 0) is 6.54 Å². The molecule has 0 aliphatic carbocycles. The van der Waals surface area contributed by atoms with E-state index in [1.54, 1.807) is 6.20 Å². The predicted octanol–water partition coefficient (Wildman–Crippen LogP) is 3.15. The molecular weight excluding hydrogens is 248 g/mol. The van der Waals surface area contributed by atoms with Crippen LogP contribution in [0.1, 0.15) is 5.56 Å². The summed E-state index contributed by atoms with van der Waals surface area (Å²) in [5, 5.41) is 11.4. The Morgan fingerprint density at radius 2 is 1.50 bits per heavy atom. The van der Waals surface area contributed by atoms with E-state index in [4.69, 9.17) is 0 Å². The van der Waals surface area contributed by atoms with Crippen molar-refractivity contribution in [2.75, 3.05) is 5.32 Å². The largest absolute Gasteiger partial charge is 0.349 e. The molecule has 0 bridgehead atoms. The molecule has 0 fully saturated rings. The molecular formula is C16H14N4. The van der Waals surface area contributed by atoms with Gasteiger partial charge >= 0.3 is 0 Å². The van der Waals surface area contributed by atoms with Crippen molar-refractivity contribution in [1.29, 1.82) is 0 Å². The highest BCUT2D eigenvalue weighted by Crippen LogP contribution is 2.14. The summed E-state index contributed by atoms with van der Waals surface area (Å²) in [5.74, 6) is 0.536. The van der Waals surface area contributed by atoms with E-state index in [9.17, 15) is 0 Å². The average molecular weight is 262 g/mol. The summed E-state index contributed by atoms with van der Waals surface area (Å²) in [4.78, 5) is 4.29. The van der Waals surface area contributed by atoms with Crippen molar-refractivity contribution >= 4 is 5.95 Å². The highest BCUT2D eigenvalue weighted by Gasteiger charge is 2.01. The average Bonchev–Trinajstić information content (AvgIpc) is 2.55. The molecule has 3 rings (SSSR count). The van der Waals surface area contributed by atoms with Gasteiger partial charge in [0.1, 0.15) is 5.69 Å². The molecule has 20 heavy (non-hydrogen) atoms. The minimum absolute atomic E-state index is 0.536. The van der Waals surface area contributed by atoms with Crippen LogP contribution in [0.15, 0.2) is 66.9 Å². The van der Waals surface area contributed by atoms with Crippen LogP contribution in [0.4, 0.5) is 5.95 Å². The summed E-state index contributed by atoms with van der Waals surface area (Å²) in [6.45, 7) is 0.688. The van der Waals surface area contributed by atoms with Gasteiger partial charge in [0.2, 0.25) is 5.95 Å². The maximum Gasteiger partial charge on any atom is 0.242 e. The number of hydrogen-bond acceptors (Lipinski definition) is 4. The number of benzene rings is 2. The zero-order valence-electron chi connectivity index (χ0n) is 10.9. The fraction of sp³-hybridized carbons (Fsp3) is 0.0625. The summed E-state index contributed by atoms with van der Waals surface area (Å²) in [6, 6.07) is 20.0. The van der Waals surface area contributed by atoms with Gasteiger partial charge in [0.05, 0.1) is 6.20 Å². The molecule has 0 unspecified atom stereocenters. The summed E-state index contributed by atoms with van der Waals surface area (Å²) in [7, 11) is 0. The fourth-order valence-electron chi connectivity index (χ4n) is 1.87. The normalized spacial score (nSPS) is 10.2. The van der Waals surface area contributed by atoms with Crippen LogP contribution in [0.25, 0.3) is 11.3 Å². The Labute approximate surface area is 117 Å². The Morgan fingerprint density at radius 3 is 2.15 bits per heavy atom. The first-order chi connectivity index (χ1) is 9.92. The van der Waals surface area contributed by atoms with Crippen molar-refractivity contribution in [3.63, 3.8) is 0 Å². The first-order valence-corrected chi connectivity index (χ1v) is 6.45. The minimum atomic E-state index is 0.536. The molecule has 0 spiro atoms. The van der Waals surface area contributed by atoms with E-state index in [0.717, 1.165) is 11.3 Å². The van der Waals surface area contributed by atoms with Crippen molar-refractivity contribution in [3.8, 4) is 11.3 Å². The Balaban J connectivity index is 1.68. The number of rotatable bonds is 4. The van der Waals surface area contributed by atoms with Gasteiger partial charge in [-0.25, -0.2) is 4.98 Å². The zero-order chi connectivity index (χ0) is 13.6. The molecule has 1 heterocycles. The molecule has 1 aromatic heterocycles. The Morgan fingerprint density at radius 1 is 0.800 bits per heavy atom. The second-order valence-corrected chi connectivity index (χ2v) is 4.37. The second-order valence-electron chi connectivity index (χ2n) is 4.37. The third-order valence-corrected chi connectivity index (χ3v) is 2.92. The van der Waals surface area contributed by atoms with E-state index >= 15 is 0 Å². The third kappa shape index (κ3) is 2.98. The molecule has 0 saturated heterocycles. The molecule has 0 amide bonds. The van der Waals surface area contributed by atoms with Crippen LogP contribution in [0.5, 0.6) is 0 Å². The van der Waals surface area contributed by atoms with Gasteiger partial charge in [-0.15, -0.1) is 10.2 Å². The van der Waals surface area contributed by atoms with Gasteiger partial charge in [0.15, 0.2) is 0 Å². The molecule has 0 aliphatic rings. The maximum atomic E-state index is 4.29. The lowest BCUT2D eigenvalue weighted by atomic mass is 10.2. The summed E-state index contributed by atoms with van der Waals surface area (Å²) in [5.41, 5.74) is 2.97. The van der Waals surface area contributed by atoms with Crippen LogP contribution in [0.3, 0.4) is 0 Å². The van der Waals surface area contributed by atoms with Crippen LogP contribution in [-0.4, -0.2) is 15.2 Å². The molecule has 0 atom stereocenters. The van der Waals surface area contributed by atoms with Gasteiger partial charge in [-0.1, -0.05) is 60.7 Å². The lowest BCUT2D eigenvalue weighted by Gasteiger charge is -2.04. The van der Waals surface area contributed by atoms with Gasteiger partial charge < -0.3 is 5.32 Å². The van der Waals surface area contributed by atoms with E-state index in [0.29, 0.717) is 12.5 Å². The summed E-state index contributed by atoms with van der Waals surface area (Å²) < 4.78 is 0. The van der Waals surface area contributed by atoms with Crippen LogP contribution in [0, 0.1) is 0 Å². The van der Waals surface area contributed by atoms with E-state index < -0.39 is 0 Å². The van der Waals surface area contributed by atoms with E-state index in [2.05, 4.69) is 32.6 Å². The standard InChI is InChI=1S/C16H14N4/c1-3-7-13(8-4-1)11-17-16-18-12-15(19-20-16)14-9-5-2-6-10-14/h1-10,12H,11H2,(H,17,18,20). The maximum absolute atomic E-state index is 4.29. The number of anilines is 1. The minimum Gasteiger partial charge on any atom is -0.349 e. The lowest BCUT2D eigenvalue weighted by molar-refractivity contribution is 0.951. The van der Waals surface area contributed by atoms with Gasteiger partial charge in [0.25, 0.3) is 0 Å². The van der Waals surface area contributed by atoms with Gasteiger partial charge in [-0.2, -0.15) is 0 Å². The molecule has 0 radical (unpaired) electrons. The summed E-state index contributed by atoms with van der Waals surface area (Å²) in [6.07, 6.45) is 1.73. The molecule has 4 heteroatoms. The first-order valence-electron chi connectivity index (χ1n) is 6.45. The molecule has 2 aromatic carbocycles. The van der Waals surface area contributed by atoms with Crippen molar-refractivity contribution < 1.29 is 0 Å². The van der Waals surface area contributed by atoms with Crippen molar-refractivity contribution in [2.24, 2.45) is 0 Å². The third-order valence-electron chi connectivity index (χ3n) is 2.92. The van der Waals surface area contributed by atoms with Crippen LogP contribution >= 0.6 is 0 Å². The highest BCUT2D eigenvalue weighted by molar-refractivity contribution is 5.57. The Bertz CT molecular complexity index is 651. The number of nitrogens with zero attached hydrogens (tertiary/aromatic N) is 3. The first kappa shape index (κ1) is 12.3. The quantitative estimate of drug-likeness (QED) is 0.784. The highest BCUT2D eigenvalue weighted by atomic mass is 15.2. The molecule has 4 nitrogen and oxygen atoms in total. The Kier molecular flexibility index (Phi) is 3.64. The van der Waals surface area contributed by atoms with Gasteiger partial charge in [-0.05, 0) is 5.56 Å². The number of hydrogen-bond donors (Lipinski definition) is 1. The van der Waals surface area contributed by atoms with E-state index in [1.165, 1.54) is 5.56 Å². The van der Waals surface area contributed by atoms with E-state index in [-0.39, 0.29) is 0 Å². The smallest absolute Gasteiger partial charge is 0.242 e. The van der Waals surface area contributed by atoms with Gasteiger partial charge in [0, 0.05) is 12.1 Å².